The van der Waals surface area contributed by atoms with Crippen molar-refractivity contribution in [3.05, 3.63) is 35.4 Å². The lowest BCUT2D eigenvalue weighted by Crippen LogP contribution is -2.27. The fraction of sp³-hybridized carbons (Fsp3) is 0.500. The molecule has 0 N–H and O–H groups in total. The highest BCUT2D eigenvalue weighted by Gasteiger charge is 2.27. The summed E-state index contributed by atoms with van der Waals surface area (Å²) < 4.78 is 24.8. The Morgan fingerprint density at radius 3 is 2.81 bits per heavy atom. The maximum absolute atomic E-state index is 11.6. The van der Waals surface area contributed by atoms with E-state index in [9.17, 15) is 8.42 Å². The fourth-order valence-electron chi connectivity index (χ4n) is 2.06. The molecule has 0 saturated carbocycles. The van der Waals surface area contributed by atoms with E-state index in [0.717, 1.165) is 12.8 Å². The Kier molecular flexibility index (Phi) is 3.30. The summed E-state index contributed by atoms with van der Waals surface area (Å²) in [6.07, 6.45) is 1.58. The van der Waals surface area contributed by atoms with E-state index in [1.54, 1.807) is 4.31 Å². The molecule has 1 heterocycles. The highest BCUT2D eigenvalue weighted by molar-refractivity contribution is 7.89. The summed E-state index contributed by atoms with van der Waals surface area (Å²) in [5, 5.41) is 0. The summed E-state index contributed by atoms with van der Waals surface area (Å²) in [4.78, 5) is 0. The lowest BCUT2D eigenvalue weighted by atomic mass is 10.1. The van der Waals surface area contributed by atoms with Crippen LogP contribution in [0.3, 0.4) is 0 Å². The Morgan fingerprint density at radius 2 is 2.19 bits per heavy atom. The number of rotatable bonds is 3. The largest absolute Gasteiger partial charge is 0.214 e. The van der Waals surface area contributed by atoms with Crippen LogP contribution >= 0.6 is 0 Å². The predicted octanol–water partition coefficient (Wildman–Crippen LogP) is 1.57. The maximum Gasteiger partial charge on any atom is 0.214 e. The first-order valence-corrected chi connectivity index (χ1v) is 7.22. The molecule has 1 saturated heterocycles. The zero-order valence-electron chi connectivity index (χ0n) is 9.52. The molecule has 1 aromatic carbocycles. The van der Waals surface area contributed by atoms with E-state index in [-0.39, 0.29) is 0 Å². The minimum atomic E-state index is -2.93. The van der Waals surface area contributed by atoms with E-state index in [2.05, 4.69) is 25.1 Å². The second kappa shape index (κ2) is 4.55. The SMILES string of the molecule is Cc1cccc(CCN2CCCS2(=O)=O)c1. The van der Waals surface area contributed by atoms with Crippen molar-refractivity contribution >= 4 is 10.0 Å². The van der Waals surface area contributed by atoms with Crippen LogP contribution in [0, 0.1) is 6.92 Å². The van der Waals surface area contributed by atoms with Crippen LogP contribution in [0.25, 0.3) is 0 Å². The highest BCUT2D eigenvalue weighted by atomic mass is 32.2. The molecule has 0 aliphatic carbocycles. The summed E-state index contributed by atoms with van der Waals surface area (Å²) in [6, 6.07) is 8.23. The van der Waals surface area contributed by atoms with Crippen LogP contribution in [-0.2, 0) is 16.4 Å². The minimum absolute atomic E-state index is 0.320. The molecule has 88 valence electrons. The zero-order chi connectivity index (χ0) is 11.6. The average molecular weight is 239 g/mol. The molecule has 0 bridgehead atoms. The van der Waals surface area contributed by atoms with Gasteiger partial charge in [-0.05, 0) is 25.3 Å². The molecule has 0 amide bonds. The Bertz CT molecular complexity index is 468. The molecule has 1 aliphatic heterocycles. The summed E-state index contributed by atoms with van der Waals surface area (Å²) >= 11 is 0. The van der Waals surface area contributed by atoms with E-state index >= 15 is 0 Å². The predicted molar refractivity (Wildman–Crippen MR) is 64.9 cm³/mol. The van der Waals surface area contributed by atoms with E-state index in [1.165, 1.54) is 11.1 Å². The van der Waals surface area contributed by atoms with Crippen LogP contribution in [0.1, 0.15) is 17.5 Å². The van der Waals surface area contributed by atoms with Gasteiger partial charge in [0.2, 0.25) is 10.0 Å². The van der Waals surface area contributed by atoms with Crippen molar-refractivity contribution in [3.8, 4) is 0 Å². The zero-order valence-corrected chi connectivity index (χ0v) is 10.3. The number of hydrogen-bond acceptors (Lipinski definition) is 2. The van der Waals surface area contributed by atoms with Gasteiger partial charge in [0.05, 0.1) is 5.75 Å². The Balaban J connectivity index is 1.98. The van der Waals surface area contributed by atoms with Gasteiger partial charge in [0.1, 0.15) is 0 Å². The van der Waals surface area contributed by atoms with Gasteiger partial charge in [-0.3, -0.25) is 0 Å². The summed E-state index contributed by atoms with van der Waals surface area (Å²) in [6.45, 7) is 3.36. The molecule has 1 fully saturated rings. The maximum atomic E-state index is 11.6. The molecule has 0 aromatic heterocycles. The minimum Gasteiger partial charge on any atom is -0.212 e. The van der Waals surface area contributed by atoms with Crippen LogP contribution in [0.5, 0.6) is 0 Å². The van der Waals surface area contributed by atoms with Crippen molar-refractivity contribution in [2.24, 2.45) is 0 Å². The van der Waals surface area contributed by atoms with Crippen molar-refractivity contribution < 1.29 is 8.42 Å². The van der Waals surface area contributed by atoms with E-state index in [4.69, 9.17) is 0 Å². The van der Waals surface area contributed by atoms with Crippen LogP contribution in [0.15, 0.2) is 24.3 Å². The van der Waals surface area contributed by atoms with Gasteiger partial charge in [0.25, 0.3) is 0 Å². The van der Waals surface area contributed by atoms with Gasteiger partial charge in [-0.15, -0.1) is 0 Å². The molecule has 1 aromatic rings. The number of sulfonamides is 1. The first-order valence-electron chi connectivity index (χ1n) is 5.61. The molecule has 3 nitrogen and oxygen atoms in total. The lowest BCUT2D eigenvalue weighted by molar-refractivity contribution is 0.447. The van der Waals surface area contributed by atoms with Gasteiger partial charge in [0, 0.05) is 13.1 Å². The van der Waals surface area contributed by atoms with Crippen molar-refractivity contribution in [1.29, 1.82) is 0 Å². The van der Waals surface area contributed by atoms with Gasteiger partial charge < -0.3 is 0 Å². The molecular formula is C12H17NO2S. The van der Waals surface area contributed by atoms with E-state index in [0.29, 0.717) is 18.8 Å². The summed E-state index contributed by atoms with van der Waals surface area (Å²) in [5.41, 5.74) is 2.43. The first-order chi connectivity index (χ1) is 7.58. The van der Waals surface area contributed by atoms with E-state index < -0.39 is 10.0 Å². The van der Waals surface area contributed by atoms with Crippen LogP contribution < -0.4 is 0 Å². The summed E-state index contributed by atoms with van der Waals surface area (Å²) in [7, 11) is -2.93. The van der Waals surface area contributed by atoms with Crippen LogP contribution in [0.4, 0.5) is 0 Å². The molecule has 1 aliphatic rings. The number of nitrogens with zero attached hydrogens (tertiary/aromatic N) is 1. The normalized spacial score (nSPS) is 20.1. The van der Waals surface area contributed by atoms with Gasteiger partial charge in [-0.25, -0.2) is 12.7 Å². The lowest BCUT2D eigenvalue weighted by Gasteiger charge is -2.13. The third-order valence-corrected chi connectivity index (χ3v) is 4.89. The smallest absolute Gasteiger partial charge is 0.212 e. The van der Waals surface area contributed by atoms with Gasteiger partial charge in [-0.2, -0.15) is 0 Å². The van der Waals surface area contributed by atoms with Crippen LogP contribution in [0.2, 0.25) is 0 Å². The second-order valence-electron chi connectivity index (χ2n) is 4.31. The molecule has 0 spiro atoms. The van der Waals surface area contributed by atoms with Crippen molar-refractivity contribution in [3.63, 3.8) is 0 Å². The van der Waals surface area contributed by atoms with E-state index in [1.807, 2.05) is 6.07 Å². The number of benzene rings is 1. The molecular weight excluding hydrogens is 222 g/mol. The van der Waals surface area contributed by atoms with Gasteiger partial charge in [0.15, 0.2) is 0 Å². The third kappa shape index (κ3) is 2.62. The summed E-state index contributed by atoms with van der Waals surface area (Å²) in [5.74, 6) is 0.320. The van der Waals surface area contributed by atoms with Crippen LogP contribution in [-0.4, -0.2) is 31.6 Å². The highest BCUT2D eigenvalue weighted by Crippen LogP contribution is 2.14. The molecule has 0 radical (unpaired) electrons. The quantitative estimate of drug-likeness (QED) is 0.803. The number of aryl methyl sites for hydroxylation is 1. The first kappa shape index (κ1) is 11.6. The second-order valence-corrected chi connectivity index (χ2v) is 6.40. The average Bonchev–Trinajstić information content (AvgIpc) is 2.55. The third-order valence-electron chi connectivity index (χ3n) is 2.94. The molecule has 4 heteroatoms. The topological polar surface area (TPSA) is 37.4 Å². The standard InChI is InChI=1S/C12H17NO2S/c1-11-4-2-5-12(10-11)6-8-13-7-3-9-16(13,14)15/h2,4-5,10H,3,6-9H2,1H3. The molecule has 2 rings (SSSR count). The Morgan fingerprint density at radius 1 is 1.38 bits per heavy atom. The van der Waals surface area contributed by atoms with Gasteiger partial charge >= 0.3 is 0 Å². The monoisotopic (exact) mass is 239 g/mol. The Labute approximate surface area is 97.1 Å². The Hall–Kier alpha value is -0.870. The molecule has 0 unspecified atom stereocenters. The van der Waals surface area contributed by atoms with Crippen molar-refractivity contribution in [2.75, 3.05) is 18.8 Å². The van der Waals surface area contributed by atoms with Gasteiger partial charge in [-0.1, -0.05) is 29.8 Å². The molecule has 0 atom stereocenters. The van der Waals surface area contributed by atoms with Crippen molar-refractivity contribution in [1.82, 2.24) is 4.31 Å². The molecule has 16 heavy (non-hydrogen) atoms. The fourth-order valence-corrected chi connectivity index (χ4v) is 3.59. The van der Waals surface area contributed by atoms with Crippen molar-refractivity contribution in [2.45, 2.75) is 19.8 Å². The number of hydrogen-bond donors (Lipinski definition) is 0.